The molecule has 0 aliphatic carbocycles. The summed E-state index contributed by atoms with van der Waals surface area (Å²) in [7, 11) is 1.32. The van der Waals surface area contributed by atoms with E-state index < -0.39 is 0 Å². The highest BCUT2D eigenvalue weighted by molar-refractivity contribution is 5.90. The summed E-state index contributed by atoms with van der Waals surface area (Å²) in [6.07, 6.45) is 0.163. The van der Waals surface area contributed by atoms with E-state index in [9.17, 15) is 9.59 Å². The highest BCUT2D eigenvalue weighted by atomic mass is 16.5. The topological polar surface area (TPSA) is 67.4 Å². The van der Waals surface area contributed by atoms with E-state index in [1.165, 1.54) is 7.11 Å². The van der Waals surface area contributed by atoms with E-state index in [-0.39, 0.29) is 25.0 Å². The van der Waals surface area contributed by atoms with E-state index in [1.807, 2.05) is 32.0 Å². The van der Waals surface area contributed by atoms with E-state index in [0.29, 0.717) is 0 Å². The van der Waals surface area contributed by atoms with Crippen molar-refractivity contribution in [2.75, 3.05) is 19.0 Å². The summed E-state index contributed by atoms with van der Waals surface area (Å²) in [4.78, 5) is 22.4. The molecule has 0 spiro atoms. The van der Waals surface area contributed by atoms with Crippen LogP contribution in [0.5, 0.6) is 0 Å². The van der Waals surface area contributed by atoms with Gasteiger partial charge in [0.15, 0.2) is 0 Å². The monoisotopic (exact) mass is 250 g/mol. The number of carbonyl (C=O) groups is 2. The zero-order valence-corrected chi connectivity index (χ0v) is 10.9. The van der Waals surface area contributed by atoms with Crippen LogP contribution in [0.2, 0.25) is 0 Å². The second-order valence-corrected chi connectivity index (χ2v) is 4.03. The molecule has 2 N–H and O–H groups in total. The van der Waals surface area contributed by atoms with Crippen LogP contribution >= 0.6 is 0 Å². The lowest BCUT2D eigenvalue weighted by Crippen LogP contribution is -2.31. The molecule has 2 amide bonds. The van der Waals surface area contributed by atoms with E-state index in [1.54, 1.807) is 0 Å². The van der Waals surface area contributed by atoms with Crippen LogP contribution in [-0.2, 0) is 9.53 Å². The van der Waals surface area contributed by atoms with Crippen LogP contribution in [0.4, 0.5) is 10.5 Å². The summed E-state index contributed by atoms with van der Waals surface area (Å²) >= 11 is 0. The lowest BCUT2D eigenvalue weighted by atomic mass is 10.1. The molecule has 98 valence electrons. The van der Waals surface area contributed by atoms with Gasteiger partial charge in [0.1, 0.15) is 0 Å². The van der Waals surface area contributed by atoms with Crippen molar-refractivity contribution in [2.24, 2.45) is 0 Å². The van der Waals surface area contributed by atoms with Crippen molar-refractivity contribution in [2.45, 2.75) is 20.3 Å². The number of hydrogen-bond donors (Lipinski definition) is 2. The molecule has 0 unspecified atom stereocenters. The highest BCUT2D eigenvalue weighted by Crippen LogP contribution is 2.15. The Kier molecular flexibility index (Phi) is 5.17. The molecule has 0 aliphatic heterocycles. The molecule has 5 heteroatoms. The van der Waals surface area contributed by atoms with Gasteiger partial charge >= 0.3 is 12.0 Å². The van der Waals surface area contributed by atoms with Crippen LogP contribution in [0.15, 0.2) is 18.2 Å². The number of carbonyl (C=O) groups excluding carboxylic acids is 2. The van der Waals surface area contributed by atoms with Crippen molar-refractivity contribution in [1.29, 1.82) is 0 Å². The van der Waals surface area contributed by atoms with Gasteiger partial charge < -0.3 is 15.4 Å². The predicted octanol–water partition coefficient (Wildman–Crippen LogP) is 1.99. The third kappa shape index (κ3) is 4.45. The van der Waals surface area contributed by atoms with Gasteiger partial charge in [-0.2, -0.15) is 0 Å². The number of amides is 2. The van der Waals surface area contributed by atoms with Gasteiger partial charge in [-0.3, -0.25) is 4.79 Å². The Morgan fingerprint density at radius 1 is 1.28 bits per heavy atom. The first-order chi connectivity index (χ1) is 8.52. The van der Waals surface area contributed by atoms with Gasteiger partial charge in [0.25, 0.3) is 0 Å². The van der Waals surface area contributed by atoms with Gasteiger partial charge in [0.05, 0.1) is 13.5 Å². The Morgan fingerprint density at radius 2 is 2.00 bits per heavy atom. The minimum atomic E-state index is -0.346. The molecule has 0 atom stereocenters. The van der Waals surface area contributed by atoms with Gasteiger partial charge in [0, 0.05) is 12.2 Å². The average molecular weight is 250 g/mol. The van der Waals surface area contributed by atoms with Crippen molar-refractivity contribution in [1.82, 2.24) is 5.32 Å². The molecule has 0 radical (unpaired) electrons. The van der Waals surface area contributed by atoms with Gasteiger partial charge in [-0.1, -0.05) is 17.7 Å². The van der Waals surface area contributed by atoms with E-state index in [2.05, 4.69) is 15.4 Å². The van der Waals surface area contributed by atoms with Gasteiger partial charge in [-0.15, -0.1) is 0 Å². The fraction of sp³-hybridized carbons (Fsp3) is 0.385. The SMILES string of the molecule is COC(=O)CCNC(=O)Nc1ccc(C)cc1C. The molecule has 0 heterocycles. The number of ether oxygens (including phenoxy) is 1. The summed E-state index contributed by atoms with van der Waals surface area (Å²) in [5, 5.41) is 5.31. The number of rotatable bonds is 4. The number of esters is 1. The van der Waals surface area contributed by atoms with Crippen LogP contribution in [-0.4, -0.2) is 25.7 Å². The second kappa shape index (κ2) is 6.64. The van der Waals surface area contributed by atoms with E-state index in [4.69, 9.17) is 0 Å². The molecule has 0 saturated heterocycles. The zero-order chi connectivity index (χ0) is 13.5. The number of urea groups is 1. The van der Waals surface area contributed by atoms with Gasteiger partial charge in [-0.25, -0.2) is 4.79 Å². The van der Waals surface area contributed by atoms with E-state index >= 15 is 0 Å². The minimum absolute atomic E-state index is 0.163. The summed E-state index contributed by atoms with van der Waals surface area (Å²) in [6, 6.07) is 5.44. The number of hydrogen-bond acceptors (Lipinski definition) is 3. The third-order valence-electron chi connectivity index (χ3n) is 2.47. The second-order valence-electron chi connectivity index (χ2n) is 4.03. The van der Waals surface area contributed by atoms with E-state index in [0.717, 1.165) is 16.8 Å². The Labute approximate surface area is 107 Å². The molecule has 1 aromatic rings. The van der Waals surface area contributed by atoms with Gasteiger partial charge in [-0.05, 0) is 25.5 Å². The van der Waals surface area contributed by atoms with Crippen molar-refractivity contribution in [3.8, 4) is 0 Å². The van der Waals surface area contributed by atoms with Crippen molar-refractivity contribution in [3.63, 3.8) is 0 Å². The first-order valence-corrected chi connectivity index (χ1v) is 5.72. The molecule has 0 aromatic heterocycles. The Bertz CT molecular complexity index is 444. The minimum Gasteiger partial charge on any atom is -0.469 e. The molecule has 5 nitrogen and oxygen atoms in total. The average Bonchev–Trinajstić information content (AvgIpc) is 2.32. The number of nitrogens with one attached hydrogen (secondary N) is 2. The standard InChI is InChI=1S/C13H18N2O3/c1-9-4-5-11(10(2)8-9)15-13(17)14-7-6-12(16)18-3/h4-5,8H,6-7H2,1-3H3,(H2,14,15,17). The highest BCUT2D eigenvalue weighted by Gasteiger charge is 2.05. The summed E-state index contributed by atoms with van der Waals surface area (Å²) in [6.45, 7) is 4.17. The summed E-state index contributed by atoms with van der Waals surface area (Å²) in [5.41, 5.74) is 2.90. The number of benzene rings is 1. The van der Waals surface area contributed by atoms with Crippen molar-refractivity contribution in [3.05, 3.63) is 29.3 Å². The molecule has 0 saturated carbocycles. The van der Waals surface area contributed by atoms with Gasteiger partial charge in [0.2, 0.25) is 0 Å². The van der Waals surface area contributed by atoms with Crippen molar-refractivity contribution >= 4 is 17.7 Å². The van der Waals surface area contributed by atoms with Crippen LogP contribution in [0.25, 0.3) is 0 Å². The maximum Gasteiger partial charge on any atom is 0.319 e. The number of aryl methyl sites for hydroxylation is 2. The maximum atomic E-state index is 11.5. The smallest absolute Gasteiger partial charge is 0.319 e. The van der Waals surface area contributed by atoms with Crippen LogP contribution in [0.1, 0.15) is 17.5 Å². The Hall–Kier alpha value is -2.04. The quantitative estimate of drug-likeness (QED) is 0.803. The summed E-state index contributed by atoms with van der Waals surface area (Å²) in [5.74, 6) is -0.346. The maximum absolute atomic E-state index is 11.5. The zero-order valence-electron chi connectivity index (χ0n) is 10.9. The Balaban J connectivity index is 2.42. The fourth-order valence-corrected chi connectivity index (χ4v) is 1.50. The molecular weight excluding hydrogens is 232 g/mol. The number of methoxy groups -OCH3 is 1. The molecular formula is C13H18N2O3. The third-order valence-corrected chi connectivity index (χ3v) is 2.47. The largest absolute Gasteiger partial charge is 0.469 e. The molecule has 18 heavy (non-hydrogen) atoms. The van der Waals surface area contributed by atoms with Crippen molar-refractivity contribution < 1.29 is 14.3 Å². The van der Waals surface area contributed by atoms with Crippen LogP contribution < -0.4 is 10.6 Å². The fourth-order valence-electron chi connectivity index (χ4n) is 1.50. The lowest BCUT2D eigenvalue weighted by molar-refractivity contribution is -0.140. The lowest BCUT2D eigenvalue weighted by Gasteiger charge is -2.10. The molecule has 1 aromatic carbocycles. The summed E-state index contributed by atoms with van der Waals surface area (Å²) < 4.78 is 4.47. The Morgan fingerprint density at radius 3 is 2.61 bits per heavy atom. The predicted molar refractivity (Wildman–Crippen MR) is 69.6 cm³/mol. The molecule has 1 rings (SSSR count). The van der Waals surface area contributed by atoms with Crippen LogP contribution in [0.3, 0.4) is 0 Å². The molecule has 0 fully saturated rings. The normalized spacial score (nSPS) is 9.72. The molecule has 0 bridgehead atoms. The van der Waals surface area contributed by atoms with Crippen LogP contribution in [0, 0.1) is 13.8 Å². The first kappa shape index (κ1) is 14.0. The first-order valence-electron chi connectivity index (χ1n) is 5.72. The molecule has 0 aliphatic rings. The number of anilines is 1.